The van der Waals surface area contributed by atoms with Crippen LogP contribution in [0.15, 0.2) is 193 Å². The highest BCUT2D eigenvalue weighted by atomic mass is 32.2. The fourth-order valence-electron chi connectivity index (χ4n) is 8.95. The summed E-state index contributed by atoms with van der Waals surface area (Å²) in [6.45, 7) is 0. The lowest BCUT2D eigenvalue weighted by atomic mass is 9.76. The summed E-state index contributed by atoms with van der Waals surface area (Å²) in [4.78, 5) is 42.9. The predicted octanol–water partition coefficient (Wildman–Crippen LogP) is 15.5. The van der Waals surface area contributed by atoms with Crippen LogP contribution in [0, 0.1) is 0 Å². The van der Waals surface area contributed by atoms with Gasteiger partial charge < -0.3 is 0 Å². The highest BCUT2D eigenvalue weighted by Crippen LogP contribution is 2.68. The molecule has 0 bridgehead atoms. The molecule has 0 amide bonds. The van der Waals surface area contributed by atoms with E-state index in [-0.39, 0.29) is 10.2 Å². The minimum absolute atomic E-state index is 0.0463. The highest BCUT2D eigenvalue weighted by Gasteiger charge is 2.61. The van der Waals surface area contributed by atoms with Gasteiger partial charge in [0.1, 0.15) is 10.0 Å². The van der Waals surface area contributed by atoms with Crippen LogP contribution in [0.1, 0.15) is 22.3 Å². The molecule has 0 N–H and O–H groups in total. The van der Waals surface area contributed by atoms with E-state index in [1.807, 2.05) is 97.1 Å². The van der Waals surface area contributed by atoms with Gasteiger partial charge in [-0.05, 0) is 35.4 Å². The number of hydrogen-bond donors (Lipinski definition) is 0. The Kier molecular flexibility index (Phi) is 9.85. The summed E-state index contributed by atoms with van der Waals surface area (Å²) in [6.07, 6.45) is 4.37. The van der Waals surface area contributed by atoms with Crippen molar-refractivity contribution < 1.29 is 9.59 Å². The molecule has 4 aromatic heterocycles. The molecule has 0 saturated heterocycles. The molecule has 10 aromatic rings. The second-order valence-corrected chi connectivity index (χ2v) is 21.8. The van der Waals surface area contributed by atoms with Crippen molar-refractivity contribution in [1.29, 1.82) is 0 Å². The molecule has 0 aliphatic carbocycles. The Labute approximate surface area is 393 Å². The Hall–Kier alpha value is -5.98. The fraction of sp³-hybridized carbons (Fsp3) is 0.0370. The zero-order chi connectivity index (χ0) is 42.8. The van der Waals surface area contributed by atoms with Crippen LogP contribution >= 0.6 is 68.9 Å². The zero-order valence-electron chi connectivity index (χ0n) is 33.6. The number of carbonyl (C=O) groups is 2. The Morgan fingerprint density at radius 2 is 0.766 bits per heavy atom. The molecule has 0 fully saturated rings. The first-order valence-electron chi connectivity index (χ1n) is 20.6. The van der Waals surface area contributed by atoms with Gasteiger partial charge >= 0.3 is 0 Å². The molecule has 4 nitrogen and oxygen atoms in total. The lowest BCUT2D eigenvalue weighted by molar-refractivity contribution is -0.107. The third-order valence-electron chi connectivity index (χ3n) is 11.8. The summed E-state index contributed by atoms with van der Waals surface area (Å²) >= 11 is 9.17. The molecule has 10 heteroatoms. The van der Waals surface area contributed by atoms with Crippen LogP contribution in [0.2, 0.25) is 0 Å². The summed E-state index contributed by atoms with van der Waals surface area (Å²) in [6, 6.07) is 57.6. The fourth-order valence-corrected chi connectivity index (χ4v) is 16.0. The SMILES string of the molecule is O=C1SC(c2ccccc2)(C2(c3ccccc3)C=C(c3c(-c4csc(-c5ccccc5)n4)sc4ccccc34)C(=O)S2)C=C1c1c(-c2csc(-c3ccccc3)n2)sc2ccccc12. The van der Waals surface area contributed by atoms with Crippen LogP contribution in [0.3, 0.4) is 0 Å². The molecule has 6 aromatic carbocycles. The first-order chi connectivity index (χ1) is 31.5. The Morgan fingerprint density at radius 1 is 0.406 bits per heavy atom. The van der Waals surface area contributed by atoms with Crippen molar-refractivity contribution in [3.8, 4) is 42.3 Å². The highest BCUT2D eigenvalue weighted by molar-refractivity contribution is 8.19. The predicted molar refractivity (Wildman–Crippen MR) is 274 cm³/mol. The number of aromatic nitrogens is 2. The van der Waals surface area contributed by atoms with Gasteiger partial charge in [0.05, 0.1) is 30.6 Å². The van der Waals surface area contributed by atoms with Crippen LogP contribution in [0.5, 0.6) is 0 Å². The molecule has 6 heterocycles. The van der Waals surface area contributed by atoms with Crippen LogP contribution < -0.4 is 0 Å². The van der Waals surface area contributed by atoms with Crippen molar-refractivity contribution in [3.05, 3.63) is 215 Å². The van der Waals surface area contributed by atoms with E-state index >= 15 is 9.59 Å². The molecule has 12 rings (SSSR count). The summed E-state index contributed by atoms with van der Waals surface area (Å²) in [5.41, 5.74) is 8.68. The van der Waals surface area contributed by atoms with Gasteiger partial charge in [-0.15, -0.1) is 45.3 Å². The van der Waals surface area contributed by atoms with Crippen LogP contribution in [0.4, 0.5) is 0 Å². The first-order valence-corrected chi connectivity index (χ1v) is 25.6. The van der Waals surface area contributed by atoms with Gasteiger partial charge in [0, 0.05) is 64.3 Å². The van der Waals surface area contributed by atoms with Gasteiger partial charge in [-0.2, -0.15) is 0 Å². The van der Waals surface area contributed by atoms with Gasteiger partial charge in [0.2, 0.25) is 10.2 Å². The van der Waals surface area contributed by atoms with Crippen LogP contribution in [-0.4, -0.2) is 20.2 Å². The Morgan fingerprint density at radius 3 is 1.17 bits per heavy atom. The van der Waals surface area contributed by atoms with Crippen molar-refractivity contribution in [2.45, 2.75) is 9.49 Å². The quantitative estimate of drug-likeness (QED) is 0.144. The van der Waals surface area contributed by atoms with E-state index in [9.17, 15) is 0 Å². The molecule has 0 radical (unpaired) electrons. The number of nitrogens with zero attached hydrogens (tertiary/aromatic N) is 2. The molecule has 0 saturated carbocycles. The molecule has 2 unspecified atom stereocenters. The molecular formula is C54H32N2O2S6. The number of thiophene rings is 2. The number of thiazole rings is 2. The van der Waals surface area contributed by atoms with Gasteiger partial charge in [0.15, 0.2) is 0 Å². The topological polar surface area (TPSA) is 59.9 Å². The first kappa shape index (κ1) is 39.6. The monoisotopic (exact) mass is 932 g/mol. The van der Waals surface area contributed by atoms with E-state index < -0.39 is 9.49 Å². The van der Waals surface area contributed by atoms with Gasteiger partial charge in [-0.3, -0.25) is 9.59 Å². The van der Waals surface area contributed by atoms with Gasteiger partial charge in [0.25, 0.3) is 0 Å². The summed E-state index contributed by atoms with van der Waals surface area (Å²) in [7, 11) is 0. The van der Waals surface area contributed by atoms with Crippen molar-refractivity contribution in [3.63, 3.8) is 0 Å². The van der Waals surface area contributed by atoms with Crippen molar-refractivity contribution in [1.82, 2.24) is 9.97 Å². The second-order valence-electron chi connectivity index (χ2n) is 15.5. The number of carbonyl (C=O) groups excluding carboxylic acids is 2. The lowest BCUT2D eigenvalue weighted by Gasteiger charge is -2.42. The molecule has 2 atom stereocenters. The second kappa shape index (κ2) is 15.9. The number of fused-ring (bicyclic) bond motifs is 2. The van der Waals surface area contributed by atoms with Crippen LogP contribution in [0.25, 0.3) is 73.6 Å². The van der Waals surface area contributed by atoms with Crippen molar-refractivity contribution >= 4 is 110 Å². The van der Waals surface area contributed by atoms with Gasteiger partial charge in [-0.1, -0.05) is 181 Å². The molecular weight excluding hydrogens is 901 g/mol. The van der Waals surface area contributed by atoms with E-state index in [0.717, 1.165) is 84.7 Å². The Bertz CT molecular complexity index is 3260. The van der Waals surface area contributed by atoms with E-state index in [2.05, 4.69) is 95.7 Å². The smallest absolute Gasteiger partial charge is 0.221 e. The molecule has 64 heavy (non-hydrogen) atoms. The molecule has 0 spiro atoms. The van der Waals surface area contributed by atoms with Crippen LogP contribution in [-0.2, 0) is 19.1 Å². The lowest BCUT2D eigenvalue weighted by Crippen LogP contribution is -2.40. The number of benzene rings is 6. The van der Waals surface area contributed by atoms with E-state index in [1.165, 1.54) is 23.5 Å². The average Bonchev–Trinajstić information content (AvgIpc) is 4.22. The standard InChI is InChI=1S/C54H32N2O2S6/c57-51-39(45-37-25-13-15-27-43(37)61-47(45)41-31-59-49(55-41)33-17-5-1-6-18-33)29-53(63-51,35-21-9-3-10-22-35)54(36-23-11-4-12-24-36)30-40(52(58)64-54)46-38-26-14-16-28-44(38)62-48(46)42-32-60-50(56-42)34-19-7-2-8-20-34/h1-32H. The Balaban J connectivity index is 1.10. The minimum Gasteiger partial charge on any atom is -0.282 e. The number of rotatable bonds is 9. The largest absolute Gasteiger partial charge is 0.282 e. The van der Waals surface area contributed by atoms with Crippen molar-refractivity contribution in [2.75, 3.05) is 0 Å². The summed E-state index contributed by atoms with van der Waals surface area (Å²) in [5.74, 6) is 0. The molecule has 2 aliphatic heterocycles. The normalized spacial score (nSPS) is 18.6. The third kappa shape index (κ3) is 6.38. The third-order valence-corrected chi connectivity index (χ3v) is 18.9. The molecule has 2 aliphatic rings. The maximum atomic E-state index is 15.3. The summed E-state index contributed by atoms with van der Waals surface area (Å²) < 4.78 is 0.0681. The van der Waals surface area contributed by atoms with E-state index in [4.69, 9.17) is 9.97 Å². The van der Waals surface area contributed by atoms with Gasteiger partial charge in [-0.25, -0.2) is 9.97 Å². The number of thioether (sulfide) groups is 2. The van der Waals surface area contributed by atoms with E-state index in [1.54, 1.807) is 45.3 Å². The average molecular weight is 933 g/mol. The minimum atomic E-state index is -1.05. The zero-order valence-corrected chi connectivity index (χ0v) is 38.5. The maximum absolute atomic E-state index is 15.3. The molecule has 306 valence electrons. The summed E-state index contributed by atoms with van der Waals surface area (Å²) in [5, 5.41) is 7.98. The maximum Gasteiger partial charge on any atom is 0.221 e. The van der Waals surface area contributed by atoms with Crippen molar-refractivity contribution in [2.24, 2.45) is 0 Å². The van der Waals surface area contributed by atoms with E-state index in [0.29, 0.717) is 11.1 Å². The number of hydrogen-bond acceptors (Lipinski definition) is 10.